The third-order valence-corrected chi connectivity index (χ3v) is 7.34. The lowest BCUT2D eigenvalue weighted by Gasteiger charge is -2.23. The van der Waals surface area contributed by atoms with E-state index in [1.807, 2.05) is 31.3 Å². The lowest BCUT2D eigenvalue weighted by Crippen LogP contribution is -2.24. The van der Waals surface area contributed by atoms with Crippen LogP contribution < -0.4 is 4.90 Å². The van der Waals surface area contributed by atoms with Gasteiger partial charge >= 0.3 is 0 Å². The first-order chi connectivity index (χ1) is 12.9. The second-order valence-corrected chi connectivity index (χ2v) is 9.77. The number of anilines is 1. The summed E-state index contributed by atoms with van der Waals surface area (Å²) in [6, 6.07) is 14.0. The summed E-state index contributed by atoms with van der Waals surface area (Å²) in [5, 5.41) is 0.677. The van der Waals surface area contributed by atoms with Gasteiger partial charge in [-0.3, -0.25) is 4.79 Å². The first-order valence-electron chi connectivity index (χ1n) is 8.63. The van der Waals surface area contributed by atoms with Gasteiger partial charge in [0.2, 0.25) is 0 Å². The predicted octanol–water partition coefficient (Wildman–Crippen LogP) is 5.92. The number of carbonyl (C=O) groups excluding carboxylic acids is 1. The zero-order chi connectivity index (χ0) is 19.2. The Labute approximate surface area is 172 Å². The number of thioether (sulfide) groups is 1. The zero-order valence-corrected chi connectivity index (χ0v) is 17.7. The number of ketones is 1. The molecule has 0 saturated heterocycles. The van der Waals surface area contributed by atoms with Gasteiger partial charge in [0, 0.05) is 34.9 Å². The van der Waals surface area contributed by atoms with E-state index in [-0.39, 0.29) is 11.2 Å². The van der Waals surface area contributed by atoms with E-state index in [0.29, 0.717) is 10.8 Å². The summed E-state index contributed by atoms with van der Waals surface area (Å²) in [6.45, 7) is 4.33. The fourth-order valence-electron chi connectivity index (χ4n) is 3.53. The third kappa shape index (κ3) is 3.40. The fourth-order valence-corrected chi connectivity index (χ4v) is 5.56. The zero-order valence-electron chi connectivity index (χ0n) is 15.3. The SMILES string of the molecule is CN1C(=CC(=O)CSc2nc3cc(Cl)ccc3s2)C(C)(C)c2ccccc21. The summed E-state index contributed by atoms with van der Waals surface area (Å²) in [5.41, 5.74) is 4.15. The molecule has 0 saturated carbocycles. The molecule has 4 rings (SSSR count). The minimum atomic E-state index is -0.182. The van der Waals surface area contributed by atoms with E-state index in [9.17, 15) is 4.79 Å². The molecule has 0 radical (unpaired) electrons. The number of fused-ring (bicyclic) bond motifs is 2. The standard InChI is InChI=1S/C21H19ClN2OS2/c1-21(2)15-6-4-5-7-17(15)24(3)19(21)11-14(25)12-26-20-23-16-10-13(22)8-9-18(16)27-20/h4-11H,12H2,1-3H3. The van der Waals surface area contributed by atoms with Crippen LogP contribution in [-0.2, 0) is 10.2 Å². The van der Waals surface area contributed by atoms with Gasteiger partial charge in [-0.2, -0.15) is 0 Å². The summed E-state index contributed by atoms with van der Waals surface area (Å²) in [5.74, 6) is 0.470. The van der Waals surface area contributed by atoms with Crippen LogP contribution in [0.4, 0.5) is 5.69 Å². The predicted molar refractivity (Wildman–Crippen MR) is 116 cm³/mol. The molecule has 27 heavy (non-hydrogen) atoms. The van der Waals surface area contributed by atoms with Gasteiger partial charge in [-0.15, -0.1) is 11.3 Å². The highest BCUT2D eigenvalue weighted by molar-refractivity contribution is 8.01. The molecule has 0 N–H and O–H groups in total. The van der Waals surface area contributed by atoms with Crippen LogP contribution in [0.1, 0.15) is 19.4 Å². The number of hydrogen-bond donors (Lipinski definition) is 0. The maximum Gasteiger partial charge on any atom is 0.167 e. The van der Waals surface area contributed by atoms with Crippen LogP contribution in [0.2, 0.25) is 5.02 Å². The van der Waals surface area contributed by atoms with Crippen molar-refractivity contribution in [2.24, 2.45) is 0 Å². The van der Waals surface area contributed by atoms with E-state index < -0.39 is 0 Å². The monoisotopic (exact) mass is 414 g/mol. The van der Waals surface area contributed by atoms with Crippen molar-refractivity contribution in [2.45, 2.75) is 23.6 Å². The number of nitrogens with zero attached hydrogens (tertiary/aromatic N) is 2. The van der Waals surface area contributed by atoms with Crippen LogP contribution in [-0.4, -0.2) is 23.6 Å². The molecule has 2 aromatic carbocycles. The Hall–Kier alpha value is -1.82. The molecule has 0 amide bonds. The van der Waals surface area contributed by atoms with Crippen molar-refractivity contribution < 1.29 is 4.79 Å². The van der Waals surface area contributed by atoms with E-state index in [4.69, 9.17) is 11.6 Å². The summed E-state index contributed by atoms with van der Waals surface area (Å²) in [7, 11) is 2.02. The molecule has 1 aromatic heterocycles. The molecule has 3 aromatic rings. The molecule has 0 spiro atoms. The average molecular weight is 415 g/mol. The van der Waals surface area contributed by atoms with Crippen molar-refractivity contribution in [1.29, 1.82) is 0 Å². The number of likely N-dealkylation sites (N-methyl/N-ethyl adjacent to an activating group) is 1. The Balaban J connectivity index is 1.51. The van der Waals surface area contributed by atoms with Crippen molar-refractivity contribution in [2.75, 3.05) is 17.7 Å². The largest absolute Gasteiger partial charge is 0.347 e. The average Bonchev–Trinajstić information content (AvgIpc) is 3.12. The molecule has 0 unspecified atom stereocenters. The number of thiazole rings is 1. The summed E-state index contributed by atoms with van der Waals surface area (Å²) >= 11 is 9.09. The van der Waals surface area contributed by atoms with Crippen LogP contribution in [0, 0.1) is 0 Å². The maximum atomic E-state index is 12.7. The van der Waals surface area contributed by atoms with Crippen molar-refractivity contribution in [3.8, 4) is 0 Å². The van der Waals surface area contributed by atoms with Gasteiger partial charge in [0.25, 0.3) is 0 Å². The van der Waals surface area contributed by atoms with Crippen LogP contribution in [0.5, 0.6) is 0 Å². The smallest absolute Gasteiger partial charge is 0.167 e. The number of hydrogen-bond acceptors (Lipinski definition) is 5. The van der Waals surface area contributed by atoms with Crippen molar-refractivity contribution in [1.82, 2.24) is 4.98 Å². The topological polar surface area (TPSA) is 33.2 Å². The molecule has 3 nitrogen and oxygen atoms in total. The van der Waals surface area contributed by atoms with E-state index in [2.05, 4.69) is 41.9 Å². The van der Waals surface area contributed by atoms with Gasteiger partial charge in [-0.05, 0) is 29.8 Å². The summed E-state index contributed by atoms with van der Waals surface area (Å²) < 4.78 is 1.97. The first-order valence-corrected chi connectivity index (χ1v) is 10.8. The second-order valence-electron chi connectivity index (χ2n) is 7.08. The Kier molecular flexibility index (Phi) is 4.78. The first kappa shape index (κ1) is 18.5. The normalized spacial score (nSPS) is 16.9. The molecular formula is C21H19ClN2OS2. The van der Waals surface area contributed by atoms with E-state index in [0.717, 1.165) is 25.9 Å². The third-order valence-electron chi connectivity index (χ3n) is 4.91. The number of para-hydroxylation sites is 1. The highest BCUT2D eigenvalue weighted by Gasteiger charge is 2.38. The van der Waals surface area contributed by atoms with Gasteiger partial charge in [-0.25, -0.2) is 4.98 Å². The van der Waals surface area contributed by atoms with Gasteiger partial charge < -0.3 is 4.90 Å². The van der Waals surface area contributed by atoms with Crippen LogP contribution in [0.15, 0.2) is 58.6 Å². The number of rotatable bonds is 4. The van der Waals surface area contributed by atoms with Crippen molar-refractivity contribution in [3.05, 3.63) is 64.8 Å². The quantitative estimate of drug-likeness (QED) is 0.391. The number of allylic oxidation sites excluding steroid dienone is 2. The molecule has 6 heteroatoms. The fraction of sp³-hybridized carbons (Fsp3) is 0.238. The molecule has 138 valence electrons. The van der Waals surface area contributed by atoms with Crippen molar-refractivity contribution >= 4 is 56.4 Å². The Bertz CT molecular complexity index is 1070. The molecule has 0 aliphatic carbocycles. The Morgan fingerprint density at radius 3 is 2.85 bits per heavy atom. The molecule has 1 aliphatic heterocycles. The van der Waals surface area contributed by atoms with Crippen LogP contribution in [0.25, 0.3) is 10.2 Å². The minimum absolute atomic E-state index is 0.0972. The minimum Gasteiger partial charge on any atom is -0.347 e. The van der Waals surface area contributed by atoms with Gasteiger partial charge in [0.15, 0.2) is 10.1 Å². The van der Waals surface area contributed by atoms with Crippen LogP contribution in [0.3, 0.4) is 0 Å². The number of halogens is 1. The molecule has 0 fully saturated rings. The summed E-state index contributed by atoms with van der Waals surface area (Å²) in [6.07, 6.45) is 1.79. The Morgan fingerprint density at radius 1 is 1.30 bits per heavy atom. The molecule has 0 bridgehead atoms. The lowest BCUT2D eigenvalue weighted by atomic mass is 9.83. The second kappa shape index (κ2) is 6.97. The highest BCUT2D eigenvalue weighted by Crippen LogP contribution is 2.46. The molecular weight excluding hydrogens is 396 g/mol. The molecule has 0 atom stereocenters. The van der Waals surface area contributed by atoms with E-state index in [1.54, 1.807) is 17.4 Å². The number of aromatic nitrogens is 1. The number of carbonyl (C=O) groups is 1. The van der Waals surface area contributed by atoms with E-state index in [1.165, 1.54) is 17.3 Å². The van der Waals surface area contributed by atoms with Gasteiger partial charge in [-0.1, -0.05) is 55.4 Å². The summed E-state index contributed by atoms with van der Waals surface area (Å²) in [4.78, 5) is 19.3. The van der Waals surface area contributed by atoms with E-state index >= 15 is 0 Å². The molecule has 1 aliphatic rings. The lowest BCUT2D eigenvalue weighted by molar-refractivity contribution is -0.112. The highest BCUT2D eigenvalue weighted by atomic mass is 35.5. The van der Waals surface area contributed by atoms with Gasteiger partial charge in [0.05, 0.1) is 16.0 Å². The van der Waals surface area contributed by atoms with Gasteiger partial charge in [0.1, 0.15) is 0 Å². The Morgan fingerprint density at radius 2 is 2.07 bits per heavy atom. The maximum absolute atomic E-state index is 12.7. The number of benzene rings is 2. The van der Waals surface area contributed by atoms with Crippen molar-refractivity contribution in [3.63, 3.8) is 0 Å². The van der Waals surface area contributed by atoms with Crippen LogP contribution >= 0.6 is 34.7 Å². The molecule has 2 heterocycles.